The first-order chi connectivity index (χ1) is 7.75. The van der Waals surface area contributed by atoms with Crippen molar-refractivity contribution in [2.45, 2.75) is 13.2 Å². The normalized spacial score (nSPS) is 14.1. The highest BCUT2D eigenvalue weighted by Crippen LogP contribution is 2.27. The molecular weight excluding hydrogens is 209 g/mol. The molecule has 1 aromatic heterocycles. The number of hydrogen-bond donors (Lipinski definition) is 1. The summed E-state index contributed by atoms with van der Waals surface area (Å²) in [6.07, 6.45) is 0. The highest BCUT2D eigenvalue weighted by atomic mass is 19.1. The minimum Gasteiger partial charge on any atom is -0.383 e. The second-order valence-corrected chi connectivity index (χ2v) is 3.69. The second-order valence-electron chi connectivity index (χ2n) is 3.69. The van der Waals surface area contributed by atoms with Crippen LogP contribution in [0.3, 0.4) is 0 Å². The standard InChI is InChI=1S/C11H10FN3O/c12-7-2-1-3-8(4-7)15-11(13)9-5-16-6-10(9)14-15/h1-4H,5-6,13H2. The lowest BCUT2D eigenvalue weighted by atomic mass is 10.3. The van der Waals surface area contributed by atoms with E-state index in [0.717, 1.165) is 11.3 Å². The molecule has 2 heterocycles. The van der Waals surface area contributed by atoms with Gasteiger partial charge in [0.15, 0.2) is 0 Å². The summed E-state index contributed by atoms with van der Waals surface area (Å²) in [5, 5.41) is 4.30. The molecule has 1 aliphatic heterocycles. The Bertz CT molecular complexity index is 550. The van der Waals surface area contributed by atoms with E-state index in [4.69, 9.17) is 10.5 Å². The van der Waals surface area contributed by atoms with Crippen molar-refractivity contribution in [1.29, 1.82) is 0 Å². The van der Waals surface area contributed by atoms with Crippen molar-refractivity contribution >= 4 is 5.82 Å². The molecule has 0 aliphatic carbocycles. The molecule has 5 heteroatoms. The number of ether oxygens (including phenoxy) is 1. The fourth-order valence-electron chi connectivity index (χ4n) is 1.84. The Hall–Kier alpha value is -1.88. The third-order valence-corrected chi connectivity index (χ3v) is 2.64. The van der Waals surface area contributed by atoms with E-state index < -0.39 is 0 Å². The maximum Gasteiger partial charge on any atom is 0.133 e. The maximum absolute atomic E-state index is 13.1. The summed E-state index contributed by atoms with van der Waals surface area (Å²) in [6, 6.07) is 6.19. The summed E-state index contributed by atoms with van der Waals surface area (Å²) in [5.74, 6) is 0.224. The van der Waals surface area contributed by atoms with E-state index in [2.05, 4.69) is 5.10 Å². The molecule has 1 aliphatic rings. The van der Waals surface area contributed by atoms with E-state index in [1.54, 1.807) is 16.8 Å². The average molecular weight is 219 g/mol. The van der Waals surface area contributed by atoms with Gasteiger partial charge in [-0.2, -0.15) is 5.10 Å². The van der Waals surface area contributed by atoms with Gasteiger partial charge in [0.1, 0.15) is 11.6 Å². The summed E-state index contributed by atoms with van der Waals surface area (Å²) in [5.41, 5.74) is 8.31. The van der Waals surface area contributed by atoms with E-state index in [1.807, 2.05) is 0 Å². The van der Waals surface area contributed by atoms with Crippen LogP contribution in [0.4, 0.5) is 10.2 Å². The molecule has 0 radical (unpaired) electrons. The average Bonchev–Trinajstić information content (AvgIpc) is 2.82. The first kappa shape index (κ1) is 9.35. The topological polar surface area (TPSA) is 53.1 Å². The predicted octanol–water partition coefficient (Wildman–Crippen LogP) is 1.62. The van der Waals surface area contributed by atoms with E-state index in [1.165, 1.54) is 12.1 Å². The molecule has 2 aromatic rings. The maximum atomic E-state index is 13.1. The van der Waals surface area contributed by atoms with Gasteiger partial charge in [-0.1, -0.05) is 6.07 Å². The van der Waals surface area contributed by atoms with Gasteiger partial charge < -0.3 is 10.5 Å². The first-order valence-electron chi connectivity index (χ1n) is 4.95. The summed E-state index contributed by atoms with van der Waals surface area (Å²) in [7, 11) is 0. The lowest BCUT2D eigenvalue weighted by Gasteiger charge is -2.05. The smallest absolute Gasteiger partial charge is 0.133 e. The summed E-state index contributed by atoms with van der Waals surface area (Å²) in [6.45, 7) is 0.957. The quantitative estimate of drug-likeness (QED) is 0.793. The van der Waals surface area contributed by atoms with E-state index in [0.29, 0.717) is 24.7 Å². The lowest BCUT2D eigenvalue weighted by Crippen LogP contribution is -2.04. The molecule has 0 bridgehead atoms. The predicted molar refractivity (Wildman–Crippen MR) is 56.4 cm³/mol. The minimum atomic E-state index is -0.302. The van der Waals surface area contributed by atoms with Gasteiger partial charge >= 0.3 is 0 Å². The van der Waals surface area contributed by atoms with Gasteiger partial charge in [0.05, 0.1) is 24.6 Å². The lowest BCUT2D eigenvalue weighted by molar-refractivity contribution is 0.131. The fraction of sp³-hybridized carbons (Fsp3) is 0.182. The van der Waals surface area contributed by atoms with Gasteiger partial charge in [0.25, 0.3) is 0 Å². The number of nitrogen functional groups attached to an aromatic ring is 1. The summed E-state index contributed by atoms with van der Waals surface area (Å²) >= 11 is 0. The third-order valence-electron chi connectivity index (χ3n) is 2.64. The number of fused-ring (bicyclic) bond motifs is 1. The van der Waals surface area contributed by atoms with Crippen molar-refractivity contribution in [1.82, 2.24) is 9.78 Å². The Kier molecular flexibility index (Phi) is 1.94. The van der Waals surface area contributed by atoms with Gasteiger partial charge in [-0.15, -0.1) is 0 Å². The zero-order chi connectivity index (χ0) is 11.1. The second kappa shape index (κ2) is 3.31. The molecule has 4 nitrogen and oxygen atoms in total. The molecule has 0 fully saturated rings. The van der Waals surface area contributed by atoms with Gasteiger partial charge in [-0.3, -0.25) is 0 Å². The number of aromatic nitrogens is 2. The molecular formula is C11H10FN3O. The first-order valence-corrected chi connectivity index (χ1v) is 4.95. The number of halogens is 1. The van der Waals surface area contributed by atoms with Gasteiger partial charge in [-0.25, -0.2) is 9.07 Å². The van der Waals surface area contributed by atoms with Crippen LogP contribution in [0, 0.1) is 5.82 Å². The Labute approximate surface area is 91.4 Å². The molecule has 0 saturated carbocycles. The number of hydrogen-bond acceptors (Lipinski definition) is 3. The van der Waals surface area contributed by atoms with Crippen LogP contribution in [0.15, 0.2) is 24.3 Å². The van der Waals surface area contributed by atoms with Crippen LogP contribution in [0.25, 0.3) is 5.69 Å². The van der Waals surface area contributed by atoms with Crippen LogP contribution in [0.5, 0.6) is 0 Å². The summed E-state index contributed by atoms with van der Waals surface area (Å²) < 4.78 is 19.9. The Morgan fingerprint density at radius 2 is 2.25 bits per heavy atom. The Morgan fingerprint density at radius 3 is 3.00 bits per heavy atom. The SMILES string of the molecule is Nc1c2c(nn1-c1cccc(F)c1)COC2. The van der Waals surface area contributed by atoms with Crippen molar-refractivity contribution < 1.29 is 9.13 Å². The van der Waals surface area contributed by atoms with Crippen LogP contribution >= 0.6 is 0 Å². The largest absolute Gasteiger partial charge is 0.383 e. The van der Waals surface area contributed by atoms with E-state index >= 15 is 0 Å². The fourth-order valence-corrected chi connectivity index (χ4v) is 1.84. The van der Waals surface area contributed by atoms with E-state index in [9.17, 15) is 4.39 Å². The molecule has 16 heavy (non-hydrogen) atoms. The molecule has 82 valence electrons. The van der Waals surface area contributed by atoms with Gasteiger partial charge in [0, 0.05) is 5.56 Å². The minimum absolute atomic E-state index is 0.302. The molecule has 0 atom stereocenters. The van der Waals surface area contributed by atoms with Crippen molar-refractivity contribution in [3.63, 3.8) is 0 Å². The van der Waals surface area contributed by atoms with Crippen LogP contribution in [-0.4, -0.2) is 9.78 Å². The Morgan fingerprint density at radius 1 is 1.38 bits per heavy atom. The van der Waals surface area contributed by atoms with Crippen LogP contribution < -0.4 is 5.73 Å². The zero-order valence-electron chi connectivity index (χ0n) is 8.48. The van der Waals surface area contributed by atoms with Crippen LogP contribution in [-0.2, 0) is 18.0 Å². The van der Waals surface area contributed by atoms with Crippen molar-refractivity contribution in [3.8, 4) is 5.69 Å². The number of rotatable bonds is 1. The number of nitrogens with two attached hydrogens (primary N) is 1. The molecule has 0 unspecified atom stereocenters. The number of benzene rings is 1. The van der Waals surface area contributed by atoms with Gasteiger partial charge in [0.2, 0.25) is 0 Å². The molecule has 0 amide bonds. The van der Waals surface area contributed by atoms with Gasteiger partial charge in [-0.05, 0) is 18.2 Å². The molecule has 1 aromatic carbocycles. The molecule has 0 saturated heterocycles. The van der Waals surface area contributed by atoms with Crippen molar-refractivity contribution in [2.75, 3.05) is 5.73 Å². The molecule has 3 rings (SSSR count). The highest BCUT2D eigenvalue weighted by Gasteiger charge is 2.21. The van der Waals surface area contributed by atoms with Crippen LogP contribution in [0.1, 0.15) is 11.3 Å². The van der Waals surface area contributed by atoms with E-state index in [-0.39, 0.29) is 5.82 Å². The monoisotopic (exact) mass is 219 g/mol. The molecule has 0 spiro atoms. The highest BCUT2D eigenvalue weighted by molar-refractivity contribution is 5.50. The third kappa shape index (κ3) is 1.29. The molecule has 2 N–H and O–H groups in total. The van der Waals surface area contributed by atoms with Crippen LogP contribution in [0.2, 0.25) is 0 Å². The summed E-state index contributed by atoms with van der Waals surface area (Å²) in [4.78, 5) is 0. The van der Waals surface area contributed by atoms with Crippen molar-refractivity contribution in [2.24, 2.45) is 0 Å². The number of nitrogens with zero attached hydrogens (tertiary/aromatic N) is 2. The zero-order valence-corrected chi connectivity index (χ0v) is 8.48. The Balaban J connectivity index is 2.14. The van der Waals surface area contributed by atoms with Crippen molar-refractivity contribution in [3.05, 3.63) is 41.3 Å². The number of anilines is 1.